The summed E-state index contributed by atoms with van der Waals surface area (Å²) in [4.78, 5) is 15.7. The van der Waals surface area contributed by atoms with Crippen LogP contribution in [0.4, 0.5) is 23.3 Å². The van der Waals surface area contributed by atoms with Gasteiger partial charge in [-0.3, -0.25) is 0 Å². The van der Waals surface area contributed by atoms with Gasteiger partial charge in [0.1, 0.15) is 30.0 Å². The largest absolute Gasteiger partial charge is 0.324 e. The molecule has 2 aliphatic rings. The Balaban J connectivity index is 1.44. The minimum Gasteiger partial charge on any atom is -0.324 e. The summed E-state index contributed by atoms with van der Waals surface area (Å²) in [5.41, 5.74) is 6.02. The first-order valence-electron chi connectivity index (χ1n) is 11.1. The maximum atomic E-state index is 12.4. The summed E-state index contributed by atoms with van der Waals surface area (Å²) in [6.07, 6.45) is 1.49. The molecule has 0 bridgehead atoms. The standard InChI is InChI=1S/C24H26N7OPS/c1-31-11-15-7-19(8-16-13-34-14-18(12-31)22(15)16)27-24-26-10-17(9-25)23(30-24)29-20-5-4-6-21(28-20)33(2,3)32/h4-8,10,18H,11-14H2,1-3H3,(H2,26,27,28,29,30). The Bertz CT molecular complexity index is 1350. The van der Waals surface area contributed by atoms with Gasteiger partial charge < -0.3 is 20.1 Å². The van der Waals surface area contributed by atoms with E-state index in [0.29, 0.717) is 34.5 Å². The molecule has 0 spiro atoms. The average molecular weight is 492 g/mol. The lowest BCUT2D eigenvalue weighted by molar-refractivity contribution is 0.288. The topological polar surface area (TPSA) is 107 Å². The summed E-state index contributed by atoms with van der Waals surface area (Å²) in [5.74, 6) is 3.99. The van der Waals surface area contributed by atoms with Crippen LogP contribution in [0.3, 0.4) is 0 Å². The third kappa shape index (κ3) is 4.67. The van der Waals surface area contributed by atoms with Crippen molar-refractivity contribution in [3.8, 4) is 6.07 Å². The van der Waals surface area contributed by atoms with Gasteiger partial charge in [0.05, 0.1) is 6.20 Å². The number of nitrogens with zero attached hydrogens (tertiary/aromatic N) is 5. The van der Waals surface area contributed by atoms with Crippen LogP contribution in [0.15, 0.2) is 36.5 Å². The quantitative estimate of drug-likeness (QED) is 0.507. The highest BCUT2D eigenvalue weighted by molar-refractivity contribution is 7.98. The Morgan fingerprint density at radius 2 is 2.03 bits per heavy atom. The van der Waals surface area contributed by atoms with E-state index in [4.69, 9.17) is 0 Å². The maximum Gasteiger partial charge on any atom is 0.229 e. The molecule has 4 heterocycles. The molecule has 10 heteroatoms. The normalized spacial score (nSPS) is 17.5. The molecule has 1 unspecified atom stereocenters. The Morgan fingerprint density at radius 3 is 2.82 bits per heavy atom. The van der Waals surface area contributed by atoms with Crippen LogP contribution in [0.2, 0.25) is 0 Å². The number of hydrogen-bond acceptors (Lipinski definition) is 9. The lowest BCUT2D eigenvalue weighted by atomic mass is 9.87. The van der Waals surface area contributed by atoms with Gasteiger partial charge in [-0.05, 0) is 61.3 Å². The van der Waals surface area contributed by atoms with Crippen LogP contribution in [0.25, 0.3) is 0 Å². The van der Waals surface area contributed by atoms with Crippen LogP contribution in [0.1, 0.15) is 28.2 Å². The third-order valence-corrected chi connectivity index (χ3v) is 8.51. The second kappa shape index (κ2) is 9.03. The first kappa shape index (κ1) is 22.9. The smallest absolute Gasteiger partial charge is 0.229 e. The van der Waals surface area contributed by atoms with Gasteiger partial charge in [0.2, 0.25) is 5.95 Å². The Kier molecular flexibility index (Phi) is 6.07. The SMILES string of the molecule is CN1Cc2cc(Nc3ncc(C#N)c(Nc4cccc(P(C)(C)=O)n4)n3)cc3c2C(CSC3)C1. The summed E-state index contributed by atoms with van der Waals surface area (Å²) in [7, 11) is -0.343. The van der Waals surface area contributed by atoms with E-state index in [-0.39, 0.29) is 0 Å². The van der Waals surface area contributed by atoms with Gasteiger partial charge in [-0.25, -0.2) is 9.97 Å². The van der Waals surface area contributed by atoms with Crippen molar-refractivity contribution >= 4 is 47.6 Å². The summed E-state index contributed by atoms with van der Waals surface area (Å²) >= 11 is 1.98. The first-order valence-corrected chi connectivity index (χ1v) is 14.8. The van der Waals surface area contributed by atoms with Gasteiger partial charge in [-0.15, -0.1) is 0 Å². The number of anilines is 4. The maximum absolute atomic E-state index is 12.4. The molecular weight excluding hydrogens is 465 g/mol. The van der Waals surface area contributed by atoms with Crippen molar-refractivity contribution in [1.29, 1.82) is 5.26 Å². The van der Waals surface area contributed by atoms with Gasteiger partial charge in [0.15, 0.2) is 5.82 Å². The average Bonchev–Trinajstić information content (AvgIpc) is 2.79. The third-order valence-electron chi connectivity index (χ3n) is 6.01. The molecule has 174 valence electrons. The number of thioether (sulfide) groups is 1. The number of nitrogens with one attached hydrogen (secondary N) is 2. The molecule has 2 N–H and O–H groups in total. The van der Waals surface area contributed by atoms with Crippen LogP contribution >= 0.6 is 18.9 Å². The lowest BCUT2D eigenvalue weighted by Gasteiger charge is -2.36. The first-order chi connectivity index (χ1) is 16.3. The van der Waals surface area contributed by atoms with Crippen LogP contribution in [0.5, 0.6) is 0 Å². The fourth-order valence-corrected chi connectivity index (χ4v) is 6.48. The Hall–Kier alpha value is -2.92. The molecule has 2 aromatic heterocycles. The van der Waals surface area contributed by atoms with Crippen LogP contribution in [-0.2, 0) is 16.9 Å². The fraction of sp³-hybridized carbons (Fsp3) is 0.333. The van der Waals surface area contributed by atoms with Gasteiger partial charge in [-0.2, -0.15) is 22.0 Å². The molecule has 0 fully saturated rings. The van der Waals surface area contributed by atoms with E-state index in [1.807, 2.05) is 11.8 Å². The molecular formula is C24H26N7OPS. The van der Waals surface area contributed by atoms with Crippen molar-refractivity contribution in [2.75, 3.05) is 43.3 Å². The minimum absolute atomic E-state index is 0.301. The summed E-state index contributed by atoms with van der Waals surface area (Å²) < 4.78 is 12.4. The molecule has 0 amide bonds. The fourth-order valence-electron chi connectivity index (χ4n) is 4.56. The highest BCUT2D eigenvalue weighted by atomic mass is 32.2. The number of aromatic nitrogens is 3. The second-order valence-corrected chi connectivity index (χ2v) is 13.4. The monoisotopic (exact) mass is 491 g/mol. The highest BCUT2D eigenvalue weighted by Crippen LogP contribution is 2.41. The van der Waals surface area contributed by atoms with Gasteiger partial charge in [0.25, 0.3) is 0 Å². The Morgan fingerprint density at radius 1 is 1.21 bits per heavy atom. The van der Waals surface area contributed by atoms with E-state index in [2.05, 4.69) is 55.7 Å². The molecule has 2 aliphatic heterocycles. The minimum atomic E-state index is -2.51. The molecule has 0 saturated carbocycles. The molecule has 1 atom stereocenters. The van der Waals surface area contributed by atoms with E-state index in [0.717, 1.165) is 24.5 Å². The molecule has 5 rings (SSSR count). The Labute approximate surface area is 203 Å². The molecule has 3 aromatic rings. The zero-order valence-corrected chi connectivity index (χ0v) is 21.1. The van der Waals surface area contributed by atoms with E-state index in [1.54, 1.807) is 31.5 Å². The van der Waals surface area contributed by atoms with Gasteiger partial charge in [-0.1, -0.05) is 6.07 Å². The predicted octanol–water partition coefficient (Wildman–Crippen LogP) is 4.25. The number of hydrogen-bond donors (Lipinski definition) is 2. The van der Waals surface area contributed by atoms with Crippen molar-refractivity contribution < 1.29 is 4.57 Å². The van der Waals surface area contributed by atoms with E-state index >= 15 is 0 Å². The molecule has 0 aliphatic carbocycles. The molecule has 34 heavy (non-hydrogen) atoms. The molecule has 0 radical (unpaired) electrons. The molecule has 1 aromatic carbocycles. The summed E-state index contributed by atoms with van der Waals surface area (Å²) in [6, 6.07) is 11.8. The summed E-state index contributed by atoms with van der Waals surface area (Å²) in [6.45, 7) is 5.39. The summed E-state index contributed by atoms with van der Waals surface area (Å²) in [5, 5.41) is 16.0. The number of rotatable bonds is 5. The van der Waals surface area contributed by atoms with E-state index < -0.39 is 7.14 Å². The van der Waals surface area contributed by atoms with E-state index in [1.165, 1.54) is 28.6 Å². The van der Waals surface area contributed by atoms with Gasteiger partial charge in [0, 0.05) is 36.2 Å². The van der Waals surface area contributed by atoms with E-state index in [9.17, 15) is 9.83 Å². The lowest BCUT2D eigenvalue weighted by Crippen LogP contribution is -2.33. The van der Waals surface area contributed by atoms with Crippen LogP contribution in [0, 0.1) is 11.3 Å². The zero-order chi connectivity index (χ0) is 23.9. The van der Waals surface area contributed by atoms with Crippen molar-refractivity contribution in [3.63, 3.8) is 0 Å². The van der Waals surface area contributed by atoms with Crippen molar-refractivity contribution in [1.82, 2.24) is 19.9 Å². The second-order valence-electron chi connectivity index (χ2n) is 9.17. The van der Waals surface area contributed by atoms with Crippen LogP contribution in [-0.4, -0.2) is 52.5 Å². The van der Waals surface area contributed by atoms with Crippen molar-refractivity contribution in [2.45, 2.75) is 18.2 Å². The zero-order valence-electron chi connectivity index (χ0n) is 19.4. The number of nitriles is 1. The van der Waals surface area contributed by atoms with Gasteiger partial charge >= 0.3 is 0 Å². The number of pyridine rings is 1. The number of likely N-dealkylation sites (N-methyl/N-ethyl adjacent to an activating group) is 1. The molecule has 0 saturated heterocycles. The van der Waals surface area contributed by atoms with Crippen LogP contribution < -0.4 is 16.1 Å². The number of benzene rings is 1. The highest BCUT2D eigenvalue weighted by Gasteiger charge is 2.29. The molecule has 8 nitrogen and oxygen atoms in total. The van der Waals surface area contributed by atoms with Crippen molar-refractivity contribution in [3.05, 3.63) is 58.8 Å². The van der Waals surface area contributed by atoms with Crippen molar-refractivity contribution in [2.24, 2.45) is 0 Å². The predicted molar refractivity (Wildman–Crippen MR) is 138 cm³/mol.